The van der Waals surface area contributed by atoms with Crippen molar-refractivity contribution < 1.29 is 4.74 Å². The summed E-state index contributed by atoms with van der Waals surface area (Å²) in [6.07, 6.45) is 5.49. The number of hydrogen-bond acceptors (Lipinski definition) is 4. The zero-order valence-electron chi connectivity index (χ0n) is 13.0. The quantitative estimate of drug-likeness (QED) is 0.791. The Hall–Kier alpha value is -2.40. The molecule has 5 heteroatoms. The van der Waals surface area contributed by atoms with Crippen LogP contribution in [0.25, 0.3) is 16.9 Å². The first-order chi connectivity index (χ1) is 11.3. The summed E-state index contributed by atoms with van der Waals surface area (Å²) in [6.45, 7) is 0. The molecule has 2 aliphatic heterocycles. The van der Waals surface area contributed by atoms with Crippen LogP contribution in [0.2, 0.25) is 0 Å². The van der Waals surface area contributed by atoms with Gasteiger partial charge in [0.05, 0.1) is 18.5 Å². The molecule has 2 aromatic heterocycles. The van der Waals surface area contributed by atoms with Crippen LogP contribution in [-0.2, 0) is 6.42 Å². The molecule has 1 aromatic carbocycles. The highest BCUT2D eigenvalue weighted by Crippen LogP contribution is 2.36. The fourth-order valence-electron chi connectivity index (χ4n) is 3.94. The first-order valence-electron chi connectivity index (χ1n) is 8.10. The molecule has 5 nitrogen and oxygen atoms in total. The molecule has 2 bridgehead atoms. The average Bonchev–Trinajstić information content (AvgIpc) is 3.19. The molecule has 0 saturated carbocycles. The van der Waals surface area contributed by atoms with Crippen LogP contribution in [0.15, 0.2) is 36.5 Å². The van der Waals surface area contributed by atoms with Gasteiger partial charge in [-0.2, -0.15) is 5.10 Å². The van der Waals surface area contributed by atoms with E-state index in [1.807, 2.05) is 41.0 Å². The molecule has 0 aliphatic carbocycles. The smallest absolute Gasteiger partial charge is 0.155 e. The number of ether oxygens (including phenoxy) is 1. The summed E-state index contributed by atoms with van der Waals surface area (Å²) in [7, 11) is 1.69. The highest BCUT2D eigenvalue weighted by molar-refractivity contribution is 5.70. The standard InChI is InChI=1S/C18H18N4O/c1-23-17-5-3-2-4-12(17)15-9-18-19-10-13-14-7-6-11(20-14)8-16(13)22(18)21-15/h2-5,9-11,14,20H,6-8H2,1H3. The van der Waals surface area contributed by atoms with Gasteiger partial charge in [0.25, 0.3) is 0 Å². The molecular weight excluding hydrogens is 288 g/mol. The minimum Gasteiger partial charge on any atom is -0.496 e. The molecule has 116 valence electrons. The third-order valence-electron chi connectivity index (χ3n) is 5.05. The second kappa shape index (κ2) is 4.80. The highest BCUT2D eigenvalue weighted by Gasteiger charge is 2.34. The largest absolute Gasteiger partial charge is 0.496 e. The van der Waals surface area contributed by atoms with Crippen molar-refractivity contribution in [1.82, 2.24) is 19.9 Å². The van der Waals surface area contributed by atoms with Crippen LogP contribution in [-0.4, -0.2) is 27.7 Å². The van der Waals surface area contributed by atoms with E-state index in [9.17, 15) is 0 Å². The highest BCUT2D eigenvalue weighted by atomic mass is 16.5. The third-order valence-corrected chi connectivity index (χ3v) is 5.05. The minimum atomic E-state index is 0.444. The van der Waals surface area contributed by atoms with E-state index in [0.717, 1.165) is 29.1 Å². The average molecular weight is 306 g/mol. The van der Waals surface area contributed by atoms with Crippen molar-refractivity contribution in [3.05, 3.63) is 47.8 Å². The lowest BCUT2D eigenvalue weighted by molar-refractivity contribution is 0.416. The van der Waals surface area contributed by atoms with E-state index in [0.29, 0.717) is 12.1 Å². The molecular formula is C18H18N4O. The fraction of sp³-hybridized carbons (Fsp3) is 0.333. The Morgan fingerprint density at radius 2 is 2.17 bits per heavy atom. The Morgan fingerprint density at radius 3 is 3.09 bits per heavy atom. The normalized spacial score (nSPS) is 22.3. The lowest BCUT2D eigenvalue weighted by Crippen LogP contribution is -2.33. The Kier molecular flexibility index (Phi) is 2.73. The van der Waals surface area contributed by atoms with Gasteiger partial charge in [0.2, 0.25) is 0 Å². The van der Waals surface area contributed by atoms with Crippen molar-refractivity contribution >= 4 is 5.65 Å². The zero-order chi connectivity index (χ0) is 15.4. The molecule has 0 amide bonds. The minimum absolute atomic E-state index is 0.444. The van der Waals surface area contributed by atoms with Gasteiger partial charge in [-0.3, -0.25) is 0 Å². The molecule has 0 radical (unpaired) electrons. The van der Waals surface area contributed by atoms with Crippen LogP contribution >= 0.6 is 0 Å². The number of nitrogens with zero attached hydrogens (tertiary/aromatic N) is 3. The van der Waals surface area contributed by atoms with Crippen LogP contribution < -0.4 is 10.1 Å². The molecule has 23 heavy (non-hydrogen) atoms. The summed E-state index contributed by atoms with van der Waals surface area (Å²) in [5.41, 5.74) is 5.44. The van der Waals surface area contributed by atoms with Crippen molar-refractivity contribution in [3.63, 3.8) is 0 Å². The molecule has 2 atom stereocenters. The SMILES string of the molecule is COc1ccccc1-c1cc2ncc3c(n2n1)CC1CCC3N1. The van der Waals surface area contributed by atoms with Crippen molar-refractivity contribution in [3.8, 4) is 17.0 Å². The van der Waals surface area contributed by atoms with Crippen LogP contribution in [0.5, 0.6) is 5.75 Å². The number of aromatic nitrogens is 3. The molecule has 4 heterocycles. The lowest BCUT2D eigenvalue weighted by Gasteiger charge is -2.24. The first kappa shape index (κ1) is 13.1. The van der Waals surface area contributed by atoms with E-state index in [2.05, 4.69) is 10.3 Å². The summed E-state index contributed by atoms with van der Waals surface area (Å²) >= 11 is 0. The maximum Gasteiger partial charge on any atom is 0.155 e. The summed E-state index contributed by atoms with van der Waals surface area (Å²) in [5.74, 6) is 0.839. The molecule has 1 fully saturated rings. The van der Waals surface area contributed by atoms with Crippen molar-refractivity contribution in [1.29, 1.82) is 0 Å². The lowest BCUT2D eigenvalue weighted by atomic mass is 10.0. The van der Waals surface area contributed by atoms with E-state index in [-0.39, 0.29) is 0 Å². The maximum absolute atomic E-state index is 5.47. The predicted molar refractivity (Wildman–Crippen MR) is 87.6 cm³/mol. The van der Waals surface area contributed by atoms with Crippen LogP contribution in [0, 0.1) is 0 Å². The number of rotatable bonds is 2. The van der Waals surface area contributed by atoms with Crippen molar-refractivity contribution in [2.24, 2.45) is 0 Å². The van der Waals surface area contributed by atoms with E-state index >= 15 is 0 Å². The molecule has 0 spiro atoms. The Balaban J connectivity index is 1.70. The number of fused-ring (bicyclic) bond motifs is 6. The van der Waals surface area contributed by atoms with Gasteiger partial charge in [0.15, 0.2) is 5.65 Å². The topological polar surface area (TPSA) is 51.5 Å². The van der Waals surface area contributed by atoms with Crippen molar-refractivity contribution in [2.45, 2.75) is 31.3 Å². The summed E-state index contributed by atoms with van der Waals surface area (Å²) < 4.78 is 7.50. The molecule has 5 rings (SSSR count). The third kappa shape index (κ3) is 1.90. The second-order valence-electron chi connectivity index (χ2n) is 6.36. The number of hydrogen-bond donors (Lipinski definition) is 1. The van der Waals surface area contributed by atoms with Gasteiger partial charge in [-0.1, -0.05) is 12.1 Å². The summed E-state index contributed by atoms with van der Waals surface area (Å²) in [6, 6.07) is 11.1. The van der Waals surface area contributed by atoms with E-state index in [1.54, 1.807) is 7.11 Å². The molecule has 3 aromatic rings. The number of nitrogens with one attached hydrogen (secondary N) is 1. The van der Waals surface area contributed by atoms with Crippen LogP contribution in [0.1, 0.15) is 30.1 Å². The summed E-state index contributed by atoms with van der Waals surface area (Å²) in [5, 5.41) is 8.51. The predicted octanol–water partition coefficient (Wildman–Crippen LogP) is 2.75. The first-order valence-corrected chi connectivity index (χ1v) is 8.10. The van der Waals surface area contributed by atoms with Gasteiger partial charge in [-0.25, -0.2) is 9.50 Å². The number of para-hydroxylation sites is 1. The van der Waals surface area contributed by atoms with E-state index in [4.69, 9.17) is 9.84 Å². The van der Waals surface area contributed by atoms with Gasteiger partial charge >= 0.3 is 0 Å². The zero-order valence-corrected chi connectivity index (χ0v) is 13.0. The van der Waals surface area contributed by atoms with Gasteiger partial charge in [0, 0.05) is 41.9 Å². The fourth-order valence-corrected chi connectivity index (χ4v) is 3.94. The van der Waals surface area contributed by atoms with Gasteiger partial charge in [-0.05, 0) is 25.0 Å². The number of benzene rings is 1. The Labute approximate surface area is 134 Å². The van der Waals surface area contributed by atoms with Gasteiger partial charge in [0.1, 0.15) is 5.75 Å². The van der Waals surface area contributed by atoms with Gasteiger partial charge < -0.3 is 10.1 Å². The van der Waals surface area contributed by atoms with Crippen molar-refractivity contribution in [2.75, 3.05) is 7.11 Å². The van der Waals surface area contributed by atoms with Gasteiger partial charge in [-0.15, -0.1) is 0 Å². The van der Waals surface area contributed by atoms with Crippen LogP contribution in [0.4, 0.5) is 0 Å². The van der Waals surface area contributed by atoms with E-state index in [1.165, 1.54) is 24.1 Å². The second-order valence-corrected chi connectivity index (χ2v) is 6.36. The maximum atomic E-state index is 5.47. The summed E-state index contributed by atoms with van der Waals surface area (Å²) in [4.78, 5) is 4.63. The molecule has 1 N–H and O–H groups in total. The Morgan fingerprint density at radius 1 is 1.26 bits per heavy atom. The molecule has 2 aliphatic rings. The van der Waals surface area contributed by atoms with E-state index < -0.39 is 0 Å². The monoisotopic (exact) mass is 306 g/mol. The molecule has 2 unspecified atom stereocenters. The Bertz CT molecular complexity index is 901. The number of methoxy groups -OCH3 is 1. The molecule has 1 saturated heterocycles. The van der Waals surface area contributed by atoms with Crippen LogP contribution in [0.3, 0.4) is 0 Å².